The van der Waals surface area contributed by atoms with Gasteiger partial charge in [-0.05, 0) is 42.5 Å². The van der Waals surface area contributed by atoms with Crippen molar-refractivity contribution in [3.63, 3.8) is 0 Å². The van der Waals surface area contributed by atoms with Gasteiger partial charge >= 0.3 is 0 Å². The summed E-state index contributed by atoms with van der Waals surface area (Å²) in [6, 6.07) is 16.0. The Morgan fingerprint density at radius 1 is 1.00 bits per heavy atom. The summed E-state index contributed by atoms with van der Waals surface area (Å²) in [5.41, 5.74) is 10.1. The van der Waals surface area contributed by atoms with E-state index in [1.807, 2.05) is 30.3 Å². The van der Waals surface area contributed by atoms with Crippen molar-refractivity contribution in [2.45, 2.75) is 25.7 Å². The van der Waals surface area contributed by atoms with E-state index < -0.39 is 0 Å². The summed E-state index contributed by atoms with van der Waals surface area (Å²) in [7, 11) is 0. The van der Waals surface area contributed by atoms with E-state index in [-0.39, 0.29) is 18.3 Å². The van der Waals surface area contributed by atoms with Crippen molar-refractivity contribution < 1.29 is 4.79 Å². The molecular weight excluding hydrogens is 334 g/mol. The summed E-state index contributed by atoms with van der Waals surface area (Å²) in [6.45, 7) is 0.697. The van der Waals surface area contributed by atoms with Crippen LogP contribution in [0.2, 0.25) is 0 Å². The zero-order chi connectivity index (χ0) is 16.8. The number of amides is 1. The van der Waals surface area contributed by atoms with Gasteiger partial charge in [-0.1, -0.05) is 36.4 Å². The Morgan fingerprint density at radius 2 is 1.76 bits per heavy atom. The number of rotatable bonds is 7. The van der Waals surface area contributed by atoms with E-state index in [1.165, 1.54) is 10.9 Å². The summed E-state index contributed by atoms with van der Waals surface area (Å²) in [5.74, 6) is 0.0807. The predicted octanol–water partition coefficient (Wildman–Crippen LogP) is 3.85. The molecule has 0 radical (unpaired) electrons. The van der Waals surface area contributed by atoms with E-state index >= 15 is 0 Å². The molecule has 0 saturated heterocycles. The van der Waals surface area contributed by atoms with Gasteiger partial charge in [-0.15, -0.1) is 12.4 Å². The first kappa shape index (κ1) is 18.9. The first-order valence-electron chi connectivity index (χ1n) is 8.39. The Bertz CT molecular complexity index is 828. The van der Waals surface area contributed by atoms with Crippen LogP contribution < -0.4 is 11.1 Å². The second-order valence-corrected chi connectivity index (χ2v) is 6.01. The molecule has 4 nitrogen and oxygen atoms in total. The van der Waals surface area contributed by atoms with Crippen LogP contribution in [-0.4, -0.2) is 17.4 Å². The lowest BCUT2D eigenvalue weighted by atomic mass is 10.1. The minimum atomic E-state index is 0. The maximum absolute atomic E-state index is 11.9. The number of nitrogens with one attached hydrogen (secondary N) is 2. The normalized spacial score (nSPS) is 10.4. The maximum atomic E-state index is 11.9. The summed E-state index contributed by atoms with van der Waals surface area (Å²) in [4.78, 5) is 15.2. The van der Waals surface area contributed by atoms with Crippen LogP contribution in [0.3, 0.4) is 0 Å². The molecule has 4 N–H and O–H groups in total. The lowest BCUT2D eigenvalue weighted by molar-refractivity contribution is -0.121. The molecule has 1 aromatic heterocycles. The number of anilines is 1. The third kappa shape index (κ3) is 5.00. The predicted molar refractivity (Wildman–Crippen MR) is 106 cm³/mol. The van der Waals surface area contributed by atoms with Gasteiger partial charge in [0.05, 0.1) is 0 Å². The highest BCUT2D eigenvalue weighted by molar-refractivity contribution is 5.85. The van der Waals surface area contributed by atoms with Gasteiger partial charge in [0.25, 0.3) is 0 Å². The molecule has 0 spiro atoms. The minimum absolute atomic E-state index is 0. The van der Waals surface area contributed by atoms with Gasteiger partial charge < -0.3 is 16.0 Å². The molecule has 0 unspecified atom stereocenters. The van der Waals surface area contributed by atoms with Crippen molar-refractivity contribution in [1.29, 1.82) is 0 Å². The number of halogens is 1. The third-order valence-electron chi connectivity index (χ3n) is 4.30. The van der Waals surface area contributed by atoms with Crippen molar-refractivity contribution in [1.82, 2.24) is 10.3 Å². The number of para-hydroxylation sites is 2. The van der Waals surface area contributed by atoms with Gasteiger partial charge in [0.2, 0.25) is 5.91 Å². The number of hydrogen-bond donors (Lipinski definition) is 3. The monoisotopic (exact) mass is 357 g/mol. The fourth-order valence-electron chi connectivity index (χ4n) is 2.94. The highest BCUT2D eigenvalue weighted by Crippen LogP contribution is 2.18. The Labute approximate surface area is 154 Å². The molecule has 0 aliphatic rings. The van der Waals surface area contributed by atoms with Crippen LogP contribution in [0.25, 0.3) is 10.9 Å². The van der Waals surface area contributed by atoms with E-state index in [1.54, 1.807) is 0 Å². The van der Waals surface area contributed by atoms with E-state index in [0.29, 0.717) is 19.4 Å². The number of nitrogens with two attached hydrogens (primary N) is 1. The van der Waals surface area contributed by atoms with Gasteiger partial charge in [-0.3, -0.25) is 4.79 Å². The molecule has 3 rings (SSSR count). The Balaban J connectivity index is 0.00000225. The number of H-pyrrole nitrogens is 1. The molecule has 0 aliphatic carbocycles. The number of carbonyl (C=O) groups is 1. The average molecular weight is 358 g/mol. The quantitative estimate of drug-likeness (QED) is 0.444. The number of aromatic nitrogens is 1. The molecule has 0 aliphatic heterocycles. The van der Waals surface area contributed by atoms with Crippen LogP contribution in [0.1, 0.15) is 24.0 Å². The van der Waals surface area contributed by atoms with E-state index in [9.17, 15) is 4.79 Å². The van der Waals surface area contributed by atoms with Crippen LogP contribution in [-0.2, 0) is 17.6 Å². The minimum Gasteiger partial charge on any atom is -0.399 e. The molecule has 2 aromatic carbocycles. The number of aromatic amines is 1. The van der Waals surface area contributed by atoms with Gasteiger partial charge in [-0.25, -0.2) is 0 Å². The fourth-order valence-corrected chi connectivity index (χ4v) is 2.94. The molecule has 0 bridgehead atoms. The second-order valence-electron chi connectivity index (χ2n) is 6.01. The van der Waals surface area contributed by atoms with Gasteiger partial charge in [-0.2, -0.15) is 0 Å². The fraction of sp³-hybridized carbons (Fsp3) is 0.250. The molecule has 0 atom stereocenters. The van der Waals surface area contributed by atoms with Crippen LogP contribution in [0.15, 0.2) is 54.7 Å². The van der Waals surface area contributed by atoms with Gasteiger partial charge in [0.15, 0.2) is 0 Å². The van der Waals surface area contributed by atoms with Crippen LogP contribution >= 0.6 is 12.4 Å². The van der Waals surface area contributed by atoms with E-state index in [0.717, 1.165) is 29.6 Å². The zero-order valence-corrected chi connectivity index (χ0v) is 14.9. The van der Waals surface area contributed by atoms with Crippen molar-refractivity contribution in [2.24, 2.45) is 0 Å². The molecule has 1 heterocycles. The molecule has 3 aromatic rings. The highest BCUT2D eigenvalue weighted by atomic mass is 35.5. The molecule has 0 fully saturated rings. The number of carbonyl (C=O) groups excluding carboxylic acids is 1. The van der Waals surface area contributed by atoms with E-state index in [2.05, 4.69) is 34.7 Å². The van der Waals surface area contributed by atoms with Crippen LogP contribution in [0, 0.1) is 0 Å². The SMILES string of the molecule is Cl.Nc1ccccc1CCC(=O)NCCCc1c[nH]c2ccccc12. The van der Waals surface area contributed by atoms with Crippen molar-refractivity contribution in [3.8, 4) is 0 Å². The topological polar surface area (TPSA) is 70.9 Å². The van der Waals surface area contributed by atoms with Crippen LogP contribution in [0.5, 0.6) is 0 Å². The molecule has 132 valence electrons. The number of benzene rings is 2. The standard InChI is InChI=1S/C20H23N3O.ClH/c21-18-9-3-1-6-15(18)11-12-20(24)22-13-5-7-16-14-23-19-10-4-2-8-17(16)19;/h1-4,6,8-10,14,23H,5,7,11-13,21H2,(H,22,24);1H. The molecule has 5 heteroatoms. The Kier molecular flexibility index (Phi) is 6.90. The second kappa shape index (κ2) is 9.14. The van der Waals surface area contributed by atoms with Gasteiger partial charge in [0.1, 0.15) is 0 Å². The number of aryl methyl sites for hydroxylation is 2. The first-order valence-corrected chi connectivity index (χ1v) is 8.39. The van der Waals surface area contributed by atoms with Crippen molar-refractivity contribution >= 4 is 34.9 Å². The number of fused-ring (bicyclic) bond motifs is 1. The summed E-state index contributed by atoms with van der Waals surface area (Å²) < 4.78 is 0. The highest BCUT2D eigenvalue weighted by Gasteiger charge is 2.05. The number of nitrogen functional groups attached to an aromatic ring is 1. The summed E-state index contributed by atoms with van der Waals surface area (Å²) in [6.07, 6.45) is 5.10. The molecule has 0 saturated carbocycles. The summed E-state index contributed by atoms with van der Waals surface area (Å²) in [5, 5.41) is 4.26. The molecular formula is C20H24ClN3O. The Hall–Kier alpha value is -2.46. The number of hydrogen-bond acceptors (Lipinski definition) is 2. The van der Waals surface area contributed by atoms with Crippen LogP contribution in [0.4, 0.5) is 5.69 Å². The van der Waals surface area contributed by atoms with E-state index in [4.69, 9.17) is 5.73 Å². The smallest absolute Gasteiger partial charge is 0.220 e. The van der Waals surface area contributed by atoms with Gasteiger partial charge in [0, 0.05) is 35.8 Å². The van der Waals surface area contributed by atoms with Crippen molar-refractivity contribution in [2.75, 3.05) is 12.3 Å². The third-order valence-corrected chi connectivity index (χ3v) is 4.30. The molecule has 1 amide bonds. The largest absolute Gasteiger partial charge is 0.399 e. The van der Waals surface area contributed by atoms with Crippen molar-refractivity contribution in [3.05, 3.63) is 65.9 Å². The molecule has 25 heavy (non-hydrogen) atoms. The zero-order valence-electron chi connectivity index (χ0n) is 14.1. The summed E-state index contributed by atoms with van der Waals surface area (Å²) >= 11 is 0. The lowest BCUT2D eigenvalue weighted by Crippen LogP contribution is -2.25. The lowest BCUT2D eigenvalue weighted by Gasteiger charge is -2.07. The average Bonchev–Trinajstić information content (AvgIpc) is 3.01. The first-order chi connectivity index (χ1) is 11.7. The maximum Gasteiger partial charge on any atom is 0.220 e. The Morgan fingerprint density at radius 3 is 2.60 bits per heavy atom.